The van der Waals surface area contributed by atoms with Gasteiger partial charge in [0.25, 0.3) is 11.8 Å². The number of halogens is 2. The highest BCUT2D eigenvalue weighted by atomic mass is 19.2. The minimum absolute atomic E-state index is 0.0683. The first-order valence-electron chi connectivity index (χ1n) is 13.7. The number of carbonyl (C=O) groups is 2. The van der Waals surface area contributed by atoms with Gasteiger partial charge in [-0.2, -0.15) is 0 Å². The van der Waals surface area contributed by atoms with Crippen molar-refractivity contribution in [3.05, 3.63) is 89.5 Å². The molecule has 0 bridgehead atoms. The van der Waals surface area contributed by atoms with E-state index in [1.807, 2.05) is 29.2 Å². The van der Waals surface area contributed by atoms with Crippen molar-refractivity contribution in [2.24, 2.45) is 0 Å². The summed E-state index contributed by atoms with van der Waals surface area (Å²) in [5, 5.41) is 0. The molecule has 210 valence electrons. The fourth-order valence-corrected chi connectivity index (χ4v) is 5.44. The third kappa shape index (κ3) is 6.17. The van der Waals surface area contributed by atoms with Gasteiger partial charge in [0, 0.05) is 37.7 Å². The van der Waals surface area contributed by atoms with E-state index in [2.05, 4.69) is 0 Å². The monoisotopic (exact) mass is 548 g/mol. The lowest BCUT2D eigenvalue weighted by molar-refractivity contribution is -0.149. The van der Waals surface area contributed by atoms with Crippen molar-refractivity contribution in [2.75, 3.05) is 39.4 Å². The first-order valence-corrected chi connectivity index (χ1v) is 13.7. The Hall–Kier alpha value is -3.78. The summed E-state index contributed by atoms with van der Waals surface area (Å²) in [5.74, 6) is -1.26. The van der Waals surface area contributed by atoms with Crippen molar-refractivity contribution >= 4 is 11.8 Å². The maximum absolute atomic E-state index is 13.8. The molecule has 5 rings (SSSR count). The van der Waals surface area contributed by atoms with Gasteiger partial charge in [-0.25, -0.2) is 8.78 Å². The molecule has 2 heterocycles. The second-order valence-corrected chi connectivity index (χ2v) is 10.9. The molecule has 0 aromatic heterocycles. The van der Waals surface area contributed by atoms with E-state index in [0.29, 0.717) is 61.8 Å². The summed E-state index contributed by atoms with van der Waals surface area (Å²) in [6, 6.07) is 18.5. The smallest absolute Gasteiger partial charge is 0.266 e. The zero-order valence-corrected chi connectivity index (χ0v) is 22.9. The Bertz CT molecular complexity index is 1390. The Morgan fingerprint density at radius 3 is 2.40 bits per heavy atom. The number of amides is 2. The lowest BCUT2D eigenvalue weighted by atomic mass is 9.90. The zero-order chi connectivity index (χ0) is 28.3. The van der Waals surface area contributed by atoms with Crippen LogP contribution >= 0.6 is 0 Å². The summed E-state index contributed by atoms with van der Waals surface area (Å²) in [6.45, 7) is 6.94. The lowest BCUT2D eigenvalue weighted by Gasteiger charge is -2.35. The third-order valence-corrected chi connectivity index (χ3v) is 7.59. The second-order valence-electron chi connectivity index (χ2n) is 10.9. The molecule has 1 unspecified atom stereocenters. The molecule has 40 heavy (non-hydrogen) atoms. The SMILES string of the molecule is CC(C)(Oc1cccc(C2CCCN(C(=O)c3cccc(-c4ccc(F)c(F)c4)c3)C2)c1)C(=O)N1CCOCC1. The number of benzene rings is 3. The van der Waals surface area contributed by atoms with Crippen LogP contribution in [0.2, 0.25) is 0 Å². The average molecular weight is 549 g/mol. The lowest BCUT2D eigenvalue weighted by Crippen LogP contribution is -2.52. The number of ether oxygens (including phenoxy) is 2. The fourth-order valence-electron chi connectivity index (χ4n) is 5.44. The van der Waals surface area contributed by atoms with Crippen molar-refractivity contribution in [3.8, 4) is 16.9 Å². The topological polar surface area (TPSA) is 59.1 Å². The maximum atomic E-state index is 13.8. The molecule has 0 spiro atoms. The van der Waals surface area contributed by atoms with E-state index in [1.165, 1.54) is 6.07 Å². The van der Waals surface area contributed by atoms with Gasteiger partial charge in [-0.15, -0.1) is 0 Å². The van der Waals surface area contributed by atoms with Crippen molar-refractivity contribution in [3.63, 3.8) is 0 Å². The summed E-state index contributed by atoms with van der Waals surface area (Å²) in [7, 11) is 0. The molecule has 2 fully saturated rings. The maximum Gasteiger partial charge on any atom is 0.266 e. The molecule has 0 aliphatic carbocycles. The number of rotatable bonds is 6. The van der Waals surface area contributed by atoms with Gasteiger partial charge in [-0.3, -0.25) is 9.59 Å². The van der Waals surface area contributed by atoms with Crippen molar-refractivity contribution in [1.82, 2.24) is 9.80 Å². The third-order valence-electron chi connectivity index (χ3n) is 7.59. The van der Waals surface area contributed by atoms with Gasteiger partial charge in [-0.05, 0) is 79.8 Å². The standard InChI is InChI=1S/C32H34F2N2O4/c1-32(2,31(38)35-14-16-39-17-15-35)40-27-10-4-7-23(19-27)26-9-5-13-36(21-26)30(37)25-8-3-6-22(18-25)24-11-12-28(33)29(34)20-24/h3-4,6-8,10-12,18-20,26H,5,9,13-17,21H2,1-2H3. The van der Waals surface area contributed by atoms with Crippen LogP contribution in [0.5, 0.6) is 5.75 Å². The largest absolute Gasteiger partial charge is 0.478 e. The van der Waals surface area contributed by atoms with Crippen LogP contribution in [-0.2, 0) is 9.53 Å². The van der Waals surface area contributed by atoms with Gasteiger partial charge in [-0.1, -0.05) is 30.3 Å². The van der Waals surface area contributed by atoms with Gasteiger partial charge in [0.2, 0.25) is 0 Å². The van der Waals surface area contributed by atoms with E-state index >= 15 is 0 Å². The number of hydrogen-bond donors (Lipinski definition) is 0. The molecular weight excluding hydrogens is 514 g/mol. The van der Waals surface area contributed by atoms with Crippen LogP contribution in [0, 0.1) is 11.6 Å². The van der Waals surface area contributed by atoms with Crippen molar-refractivity contribution in [2.45, 2.75) is 38.2 Å². The number of nitrogens with zero attached hydrogens (tertiary/aromatic N) is 2. The Kier molecular flexibility index (Phi) is 8.17. The Morgan fingerprint density at radius 2 is 1.62 bits per heavy atom. The molecule has 0 radical (unpaired) electrons. The average Bonchev–Trinajstić information content (AvgIpc) is 2.98. The highest BCUT2D eigenvalue weighted by Crippen LogP contribution is 2.32. The predicted octanol–water partition coefficient (Wildman–Crippen LogP) is 5.67. The number of hydrogen-bond acceptors (Lipinski definition) is 4. The summed E-state index contributed by atoms with van der Waals surface area (Å²) >= 11 is 0. The number of morpholine rings is 1. The molecule has 0 N–H and O–H groups in total. The van der Waals surface area contributed by atoms with Crippen LogP contribution in [0.3, 0.4) is 0 Å². The second kappa shape index (κ2) is 11.8. The molecule has 3 aromatic carbocycles. The Labute approximate surface area is 233 Å². The van der Waals surface area contributed by atoms with Crippen molar-refractivity contribution in [1.29, 1.82) is 0 Å². The van der Waals surface area contributed by atoms with Crippen molar-refractivity contribution < 1.29 is 27.8 Å². The molecule has 2 aliphatic heterocycles. The van der Waals surface area contributed by atoms with E-state index in [-0.39, 0.29) is 17.7 Å². The number of carbonyl (C=O) groups excluding carboxylic acids is 2. The summed E-state index contributed by atoms with van der Waals surface area (Å²) in [5.41, 5.74) is 1.70. The summed E-state index contributed by atoms with van der Waals surface area (Å²) in [6.07, 6.45) is 1.78. The van der Waals surface area contributed by atoms with Crippen LogP contribution in [0.15, 0.2) is 66.7 Å². The van der Waals surface area contributed by atoms with Gasteiger partial charge in [0.1, 0.15) is 5.75 Å². The quantitative estimate of drug-likeness (QED) is 0.399. The number of likely N-dealkylation sites (tertiary alicyclic amines) is 1. The number of piperidine rings is 1. The molecule has 8 heteroatoms. The van der Waals surface area contributed by atoms with E-state index in [0.717, 1.165) is 30.5 Å². The molecule has 0 saturated carbocycles. The van der Waals surface area contributed by atoms with E-state index in [1.54, 1.807) is 43.0 Å². The van der Waals surface area contributed by atoms with E-state index < -0.39 is 17.2 Å². The molecule has 2 amide bonds. The highest BCUT2D eigenvalue weighted by Gasteiger charge is 2.35. The molecule has 6 nitrogen and oxygen atoms in total. The Morgan fingerprint density at radius 1 is 0.875 bits per heavy atom. The molecule has 1 atom stereocenters. The van der Waals surface area contributed by atoms with Gasteiger partial charge in [0.15, 0.2) is 17.2 Å². The molecule has 2 saturated heterocycles. The van der Waals surface area contributed by atoms with Gasteiger partial charge in [0.05, 0.1) is 13.2 Å². The highest BCUT2D eigenvalue weighted by molar-refractivity contribution is 5.95. The first-order chi connectivity index (χ1) is 19.2. The summed E-state index contributed by atoms with van der Waals surface area (Å²) in [4.78, 5) is 30.2. The fraction of sp³-hybridized carbons (Fsp3) is 0.375. The van der Waals surface area contributed by atoms with Gasteiger partial charge < -0.3 is 19.3 Å². The summed E-state index contributed by atoms with van der Waals surface area (Å²) < 4.78 is 38.7. The minimum Gasteiger partial charge on any atom is -0.478 e. The molecular formula is C32H34F2N2O4. The minimum atomic E-state index is -1.02. The molecule has 2 aliphatic rings. The normalized spacial score (nSPS) is 17.9. The van der Waals surface area contributed by atoms with Crippen LogP contribution in [-0.4, -0.2) is 66.6 Å². The zero-order valence-electron chi connectivity index (χ0n) is 22.9. The van der Waals surface area contributed by atoms with Crippen LogP contribution in [0.1, 0.15) is 48.5 Å². The van der Waals surface area contributed by atoms with Crippen LogP contribution < -0.4 is 4.74 Å². The molecule has 3 aromatic rings. The Balaban J connectivity index is 1.28. The first kappa shape index (κ1) is 27.8. The van der Waals surface area contributed by atoms with E-state index in [9.17, 15) is 18.4 Å². The van der Waals surface area contributed by atoms with Gasteiger partial charge >= 0.3 is 0 Å². The van der Waals surface area contributed by atoms with Crippen LogP contribution in [0.25, 0.3) is 11.1 Å². The van der Waals surface area contributed by atoms with Crippen LogP contribution in [0.4, 0.5) is 8.78 Å². The predicted molar refractivity (Wildman–Crippen MR) is 148 cm³/mol. The van der Waals surface area contributed by atoms with E-state index in [4.69, 9.17) is 9.47 Å².